The molecule has 2 atom stereocenters. The van der Waals surface area contributed by atoms with Crippen LogP contribution in [0.5, 0.6) is 0 Å². The molecule has 0 saturated heterocycles. The molecule has 0 aromatic carbocycles. The molecule has 2 heteroatoms. The summed E-state index contributed by atoms with van der Waals surface area (Å²) in [6, 6.07) is 0. The molecule has 0 spiro atoms. The molecule has 16 heavy (non-hydrogen) atoms. The second kappa shape index (κ2) is 8.74. The van der Waals surface area contributed by atoms with Crippen molar-refractivity contribution in [1.82, 2.24) is 0 Å². The molecule has 0 fully saturated rings. The molecule has 0 aliphatic rings. The summed E-state index contributed by atoms with van der Waals surface area (Å²) in [5.41, 5.74) is 0. The fraction of sp³-hybridized carbons (Fsp3) is 1.00. The molecule has 0 radical (unpaired) electrons. The van der Waals surface area contributed by atoms with E-state index in [1.54, 1.807) is 0 Å². The van der Waals surface area contributed by atoms with Gasteiger partial charge < -0.3 is 0 Å². The van der Waals surface area contributed by atoms with E-state index in [0.29, 0.717) is 4.75 Å². The molecule has 0 saturated carbocycles. The van der Waals surface area contributed by atoms with Crippen LogP contribution in [0, 0.1) is 5.92 Å². The third-order valence-electron chi connectivity index (χ3n) is 2.70. The van der Waals surface area contributed by atoms with Gasteiger partial charge in [-0.2, -0.15) is 0 Å². The standard InChI is InChI=1S/C14H30S2/c1-7-9-11-13(10-8-2)12(3)15-16-14(4,5)6/h12-13H,7-11H2,1-6H3/t12-,13?/m1/s1. The zero-order valence-electron chi connectivity index (χ0n) is 12.0. The third-order valence-corrected chi connectivity index (χ3v) is 6.69. The van der Waals surface area contributed by atoms with Crippen molar-refractivity contribution in [3.63, 3.8) is 0 Å². The van der Waals surface area contributed by atoms with Crippen LogP contribution in [-0.4, -0.2) is 10.00 Å². The second-order valence-corrected chi connectivity index (χ2v) is 9.09. The van der Waals surface area contributed by atoms with E-state index in [4.69, 9.17) is 0 Å². The molecule has 0 heterocycles. The highest BCUT2D eigenvalue weighted by Crippen LogP contribution is 2.41. The first kappa shape index (κ1) is 16.7. The van der Waals surface area contributed by atoms with Crippen LogP contribution in [0.15, 0.2) is 0 Å². The first-order valence-corrected chi connectivity index (χ1v) is 8.96. The molecule has 0 bridgehead atoms. The van der Waals surface area contributed by atoms with Crippen molar-refractivity contribution in [2.45, 2.75) is 83.6 Å². The summed E-state index contributed by atoms with van der Waals surface area (Å²) in [5.74, 6) is 0.921. The second-order valence-electron chi connectivity index (χ2n) is 5.69. The van der Waals surface area contributed by atoms with Crippen molar-refractivity contribution in [2.24, 2.45) is 5.92 Å². The zero-order chi connectivity index (χ0) is 12.6. The van der Waals surface area contributed by atoms with Gasteiger partial charge >= 0.3 is 0 Å². The number of hydrogen-bond donors (Lipinski definition) is 0. The van der Waals surface area contributed by atoms with Gasteiger partial charge in [0.05, 0.1) is 0 Å². The molecular weight excluding hydrogens is 232 g/mol. The summed E-state index contributed by atoms with van der Waals surface area (Å²) >= 11 is 0. The Morgan fingerprint density at radius 2 is 1.62 bits per heavy atom. The van der Waals surface area contributed by atoms with Gasteiger partial charge in [-0.3, -0.25) is 0 Å². The summed E-state index contributed by atoms with van der Waals surface area (Å²) in [6.07, 6.45) is 6.89. The Kier molecular flexibility index (Phi) is 9.12. The van der Waals surface area contributed by atoms with E-state index in [-0.39, 0.29) is 0 Å². The van der Waals surface area contributed by atoms with Crippen molar-refractivity contribution >= 4 is 21.6 Å². The van der Waals surface area contributed by atoms with Gasteiger partial charge in [-0.25, -0.2) is 0 Å². The molecule has 0 aromatic rings. The molecule has 0 amide bonds. The van der Waals surface area contributed by atoms with Gasteiger partial charge in [-0.05, 0) is 18.8 Å². The molecule has 0 N–H and O–H groups in total. The first-order chi connectivity index (χ1) is 7.40. The maximum absolute atomic E-state index is 2.42. The summed E-state index contributed by atoms with van der Waals surface area (Å²) in [6.45, 7) is 13.9. The quantitative estimate of drug-likeness (QED) is 0.480. The third kappa shape index (κ3) is 8.81. The minimum absolute atomic E-state index is 0.389. The Hall–Kier alpha value is 0.700. The van der Waals surface area contributed by atoms with Gasteiger partial charge in [0.15, 0.2) is 0 Å². The highest BCUT2D eigenvalue weighted by Gasteiger charge is 2.20. The van der Waals surface area contributed by atoms with Crippen LogP contribution in [0.2, 0.25) is 0 Å². The number of hydrogen-bond acceptors (Lipinski definition) is 2. The molecular formula is C14H30S2. The fourth-order valence-corrected chi connectivity index (χ4v) is 4.41. The van der Waals surface area contributed by atoms with Crippen LogP contribution >= 0.6 is 21.6 Å². The van der Waals surface area contributed by atoms with Crippen LogP contribution in [0.1, 0.15) is 73.6 Å². The topological polar surface area (TPSA) is 0 Å². The molecule has 0 aliphatic carbocycles. The zero-order valence-corrected chi connectivity index (χ0v) is 13.6. The van der Waals surface area contributed by atoms with E-state index < -0.39 is 0 Å². The van der Waals surface area contributed by atoms with Crippen LogP contribution in [0.4, 0.5) is 0 Å². The molecule has 98 valence electrons. The monoisotopic (exact) mass is 262 g/mol. The normalized spacial score (nSPS) is 16.1. The highest BCUT2D eigenvalue weighted by atomic mass is 33.1. The van der Waals surface area contributed by atoms with Crippen molar-refractivity contribution in [3.05, 3.63) is 0 Å². The Bertz CT molecular complexity index is 161. The molecule has 0 nitrogen and oxygen atoms in total. The molecule has 0 aromatic heterocycles. The van der Waals surface area contributed by atoms with Gasteiger partial charge in [0.1, 0.15) is 0 Å². The maximum atomic E-state index is 2.42. The van der Waals surface area contributed by atoms with Crippen LogP contribution < -0.4 is 0 Å². The molecule has 1 unspecified atom stereocenters. The van der Waals surface area contributed by atoms with Gasteiger partial charge in [0.2, 0.25) is 0 Å². The number of unbranched alkanes of at least 4 members (excludes halogenated alkanes) is 1. The van der Waals surface area contributed by atoms with E-state index in [1.807, 2.05) is 10.8 Å². The maximum Gasteiger partial charge on any atom is 0.0179 e. The van der Waals surface area contributed by atoms with Crippen molar-refractivity contribution in [1.29, 1.82) is 0 Å². The SMILES string of the molecule is CCCCC(CCC)[C@@H](C)SSC(C)(C)C. The van der Waals surface area contributed by atoms with E-state index in [2.05, 4.69) is 52.3 Å². The van der Waals surface area contributed by atoms with E-state index in [0.717, 1.165) is 11.2 Å². The lowest BCUT2D eigenvalue weighted by Crippen LogP contribution is -2.15. The lowest BCUT2D eigenvalue weighted by molar-refractivity contribution is 0.428. The highest BCUT2D eigenvalue weighted by molar-refractivity contribution is 8.77. The van der Waals surface area contributed by atoms with Crippen LogP contribution in [0.25, 0.3) is 0 Å². The van der Waals surface area contributed by atoms with Gasteiger partial charge in [0, 0.05) is 10.00 Å². The van der Waals surface area contributed by atoms with Gasteiger partial charge in [-0.15, -0.1) is 0 Å². The largest absolute Gasteiger partial charge is 0.0902 e. The average molecular weight is 263 g/mol. The summed E-state index contributed by atoms with van der Waals surface area (Å²) in [7, 11) is 4.14. The summed E-state index contributed by atoms with van der Waals surface area (Å²) in [4.78, 5) is 0. The average Bonchev–Trinajstić information content (AvgIpc) is 2.19. The Morgan fingerprint density at radius 3 is 2.06 bits per heavy atom. The molecule has 0 rings (SSSR count). The van der Waals surface area contributed by atoms with Crippen molar-refractivity contribution in [3.8, 4) is 0 Å². The van der Waals surface area contributed by atoms with E-state index in [1.165, 1.54) is 32.1 Å². The lowest BCUT2D eigenvalue weighted by atomic mass is 9.94. The smallest absolute Gasteiger partial charge is 0.0179 e. The Labute approximate surface area is 111 Å². The lowest BCUT2D eigenvalue weighted by Gasteiger charge is -2.26. The van der Waals surface area contributed by atoms with Gasteiger partial charge in [0.25, 0.3) is 0 Å². The van der Waals surface area contributed by atoms with Gasteiger partial charge in [-0.1, -0.05) is 82.4 Å². The predicted octanol–water partition coefficient (Wildman–Crippen LogP) is 6.16. The van der Waals surface area contributed by atoms with Crippen molar-refractivity contribution < 1.29 is 0 Å². The Morgan fingerprint density at radius 1 is 1.00 bits per heavy atom. The summed E-state index contributed by atoms with van der Waals surface area (Å²) in [5, 5.41) is 0.802. The number of rotatable bonds is 8. The fourth-order valence-electron chi connectivity index (χ4n) is 1.75. The minimum Gasteiger partial charge on any atom is -0.0902 e. The first-order valence-electron chi connectivity index (χ1n) is 6.75. The minimum atomic E-state index is 0.389. The van der Waals surface area contributed by atoms with Crippen LogP contribution in [0.3, 0.4) is 0 Å². The van der Waals surface area contributed by atoms with E-state index in [9.17, 15) is 0 Å². The van der Waals surface area contributed by atoms with Crippen molar-refractivity contribution in [2.75, 3.05) is 0 Å². The van der Waals surface area contributed by atoms with E-state index >= 15 is 0 Å². The molecule has 0 aliphatic heterocycles. The Balaban J connectivity index is 4.00. The predicted molar refractivity (Wildman–Crippen MR) is 82.3 cm³/mol. The summed E-state index contributed by atoms with van der Waals surface area (Å²) < 4.78 is 0.389. The van der Waals surface area contributed by atoms with Crippen LogP contribution in [-0.2, 0) is 0 Å².